The predicted octanol–water partition coefficient (Wildman–Crippen LogP) is 5.01. The Hall–Kier alpha value is -3.51. The largest absolute Gasteiger partial charge is 0.290 e. The summed E-state index contributed by atoms with van der Waals surface area (Å²) in [5.74, 6) is -0.0216. The molecule has 4 aromatic rings. The number of anilines is 1. The fraction of sp³-hybridized carbons (Fsp3) is 0.0435. The monoisotopic (exact) mass is 398 g/mol. The molecule has 2 aromatic carbocycles. The molecule has 0 saturated carbocycles. The van der Waals surface area contributed by atoms with Crippen LogP contribution in [-0.4, -0.2) is 20.9 Å². The first-order valence-electron chi connectivity index (χ1n) is 9.11. The molecule has 0 radical (unpaired) electrons. The van der Waals surface area contributed by atoms with Gasteiger partial charge in [0.15, 0.2) is 0 Å². The van der Waals surface area contributed by atoms with Crippen molar-refractivity contribution >= 4 is 23.6 Å². The van der Waals surface area contributed by atoms with E-state index in [9.17, 15) is 4.79 Å². The van der Waals surface area contributed by atoms with Gasteiger partial charge in [-0.2, -0.15) is 0 Å². The van der Waals surface area contributed by atoms with Gasteiger partial charge in [-0.05, 0) is 29.3 Å². The molecule has 0 aliphatic carbocycles. The first-order valence-corrected chi connectivity index (χ1v) is 9.99. The van der Waals surface area contributed by atoms with Crippen LogP contribution in [0.1, 0.15) is 26.7 Å². The molecular weight excluding hydrogens is 380 g/mol. The highest BCUT2D eigenvalue weighted by Gasteiger charge is 2.21. The van der Waals surface area contributed by atoms with Crippen LogP contribution in [0.15, 0.2) is 102 Å². The van der Waals surface area contributed by atoms with Crippen LogP contribution in [0.2, 0.25) is 0 Å². The number of rotatable bonds is 6. The van der Waals surface area contributed by atoms with Gasteiger partial charge in [0.2, 0.25) is 5.95 Å². The molecule has 0 saturated heterocycles. The third-order valence-electron chi connectivity index (χ3n) is 4.24. The summed E-state index contributed by atoms with van der Waals surface area (Å²) in [4.78, 5) is 25.5. The van der Waals surface area contributed by atoms with Gasteiger partial charge >= 0.3 is 0 Å². The van der Waals surface area contributed by atoms with Crippen molar-refractivity contribution in [3.8, 4) is 0 Å². The molecule has 0 bridgehead atoms. The standard InChI is InChI=1S/C23H18N4OS/c28-21(27-23-25-15-8-16-26-23)19-13-7-14-24-22(19)29-20(17-9-3-1-4-10-17)18-11-5-2-6-12-18/h1-16,20H,(H,25,26,27,28). The van der Waals surface area contributed by atoms with Crippen LogP contribution in [0.3, 0.4) is 0 Å². The molecule has 0 aliphatic heterocycles. The van der Waals surface area contributed by atoms with Gasteiger partial charge in [-0.3, -0.25) is 10.1 Å². The number of amides is 1. The second-order valence-electron chi connectivity index (χ2n) is 6.20. The van der Waals surface area contributed by atoms with E-state index in [1.165, 1.54) is 0 Å². The molecule has 0 spiro atoms. The SMILES string of the molecule is O=C(Nc1ncccn1)c1cccnc1SC(c1ccccc1)c1ccccc1. The maximum Gasteiger partial charge on any atom is 0.260 e. The number of benzene rings is 2. The molecule has 29 heavy (non-hydrogen) atoms. The molecule has 1 N–H and O–H groups in total. The number of thioether (sulfide) groups is 1. The molecule has 2 heterocycles. The topological polar surface area (TPSA) is 67.8 Å². The van der Waals surface area contributed by atoms with Gasteiger partial charge in [-0.15, -0.1) is 0 Å². The Bertz CT molecular complexity index is 1040. The van der Waals surface area contributed by atoms with Crippen LogP contribution in [0, 0.1) is 0 Å². The quantitative estimate of drug-likeness (QED) is 0.463. The van der Waals surface area contributed by atoms with Gasteiger partial charge in [0, 0.05) is 18.6 Å². The second-order valence-corrected chi connectivity index (χ2v) is 7.30. The fourth-order valence-corrected chi connectivity index (χ4v) is 4.11. The smallest absolute Gasteiger partial charge is 0.260 e. The minimum Gasteiger partial charge on any atom is -0.290 e. The Morgan fingerprint density at radius 2 is 1.31 bits per heavy atom. The second kappa shape index (κ2) is 9.12. The van der Waals surface area contributed by atoms with Crippen molar-refractivity contribution < 1.29 is 4.79 Å². The molecule has 2 aromatic heterocycles. The number of pyridine rings is 1. The Kier molecular flexibility index (Phi) is 5.92. The average molecular weight is 398 g/mol. The average Bonchev–Trinajstić information content (AvgIpc) is 2.79. The first-order chi connectivity index (χ1) is 14.3. The van der Waals surface area contributed by atoms with Gasteiger partial charge in [0.1, 0.15) is 5.03 Å². The Morgan fingerprint density at radius 1 is 0.724 bits per heavy atom. The van der Waals surface area contributed by atoms with E-state index in [0.29, 0.717) is 10.6 Å². The van der Waals surface area contributed by atoms with Crippen molar-refractivity contribution in [1.29, 1.82) is 0 Å². The van der Waals surface area contributed by atoms with Crippen LogP contribution in [0.5, 0.6) is 0 Å². The van der Waals surface area contributed by atoms with Crippen LogP contribution in [-0.2, 0) is 0 Å². The van der Waals surface area contributed by atoms with Gasteiger partial charge in [0.05, 0.1) is 10.8 Å². The fourth-order valence-electron chi connectivity index (χ4n) is 2.89. The van der Waals surface area contributed by atoms with Crippen molar-refractivity contribution in [2.75, 3.05) is 5.32 Å². The zero-order valence-corrected chi connectivity index (χ0v) is 16.3. The van der Waals surface area contributed by atoms with Gasteiger partial charge in [-0.1, -0.05) is 72.4 Å². The van der Waals surface area contributed by atoms with Crippen molar-refractivity contribution in [3.63, 3.8) is 0 Å². The summed E-state index contributed by atoms with van der Waals surface area (Å²) in [5.41, 5.74) is 2.78. The molecular formula is C23H18N4OS. The summed E-state index contributed by atoms with van der Waals surface area (Å²) in [6.07, 6.45) is 4.87. The number of carbonyl (C=O) groups is 1. The lowest BCUT2D eigenvalue weighted by molar-refractivity contribution is 0.102. The molecule has 5 nitrogen and oxygen atoms in total. The Balaban J connectivity index is 1.66. The number of hydrogen-bond acceptors (Lipinski definition) is 5. The summed E-state index contributed by atoms with van der Waals surface area (Å²) in [6, 6.07) is 25.6. The van der Waals surface area contributed by atoms with Crippen molar-refractivity contribution in [2.45, 2.75) is 10.3 Å². The van der Waals surface area contributed by atoms with E-state index in [1.54, 1.807) is 48.6 Å². The van der Waals surface area contributed by atoms with E-state index in [1.807, 2.05) is 36.4 Å². The summed E-state index contributed by atoms with van der Waals surface area (Å²) in [7, 11) is 0. The molecule has 142 valence electrons. The third kappa shape index (κ3) is 4.67. The predicted molar refractivity (Wildman–Crippen MR) is 115 cm³/mol. The molecule has 6 heteroatoms. The number of carbonyl (C=O) groups excluding carboxylic acids is 1. The molecule has 0 unspecified atom stereocenters. The zero-order chi connectivity index (χ0) is 19.9. The van der Waals surface area contributed by atoms with Gasteiger partial charge < -0.3 is 0 Å². The molecule has 0 atom stereocenters. The van der Waals surface area contributed by atoms with Crippen LogP contribution in [0.4, 0.5) is 5.95 Å². The van der Waals surface area contributed by atoms with E-state index >= 15 is 0 Å². The summed E-state index contributed by atoms with van der Waals surface area (Å²) in [5, 5.41) is 3.39. The third-order valence-corrected chi connectivity index (χ3v) is 5.57. The van der Waals surface area contributed by atoms with E-state index in [-0.39, 0.29) is 17.1 Å². The van der Waals surface area contributed by atoms with E-state index < -0.39 is 0 Å². The van der Waals surface area contributed by atoms with Gasteiger partial charge in [-0.25, -0.2) is 15.0 Å². The number of aromatic nitrogens is 3. The van der Waals surface area contributed by atoms with Crippen molar-refractivity contribution in [2.24, 2.45) is 0 Å². The van der Waals surface area contributed by atoms with Crippen LogP contribution >= 0.6 is 11.8 Å². The molecule has 4 rings (SSSR count). The highest BCUT2D eigenvalue weighted by atomic mass is 32.2. The highest BCUT2D eigenvalue weighted by Crippen LogP contribution is 2.40. The first kappa shape index (κ1) is 18.8. The van der Waals surface area contributed by atoms with E-state index in [2.05, 4.69) is 44.5 Å². The molecule has 0 fully saturated rings. The molecule has 1 amide bonds. The minimum absolute atomic E-state index is 0.00632. The minimum atomic E-state index is -0.285. The lowest BCUT2D eigenvalue weighted by Gasteiger charge is -2.18. The van der Waals surface area contributed by atoms with Crippen molar-refractivity contribution in [1.82, 2.24) is 15.0 Å². The van der Waals surface area contributed by atoms with E-state index in [0.717, 1.165) is 11.1 Å². The Morgan fingerprint density at radius 3 is 1.93 bits per heavy atom. The van der Waals surface area contributed by atoms with Gasteiger partial charge in [0.25, 0.3) is 5.91 Å². The highest BCUT2D eigenvalue weighted by molar-refractivity contribution is 7.99. The maximum atomic E-state index is 12.8. The van der Waals surface area contributed by atoms with Crippen LogP contribution < -0.4 is 5.32 Å². The number of nitrogens with one attached hydrogen (secondary N) is 1. The van der Waals surface area contributed by atoms with E-state index in [4.69, 9.17) is 0 Å². The Labute approximate surface area is 173 Å². The summed E-state index contributed by atoms with van der Waals surface area (Å²) >= 11 is 1.55. The zero-order valence-electron chi connectivity index (χ0n) is 15.5. The number of hydrogen-bond donors (Lipinski definition) is 1. The summed E-state index contributed by atoms with van der Waals surface area (Å²) < 4.78 is 0. The maximum absolute atomic E-state index is 12.8. The van der Waals surface area contributed by atoms with Crippen LogP contribution in [0.25, 0.3) is 0 Å². The summed E-state index contributed by atoms with van der Waals surface area (Å²) in [6.45, 7) is 0. The lowest BCUT2D eigenvalue weighted by atomic mass is 10.0. The molecule has 0 aliphatic rings. The lowest BCUT2D eigenvalue weighted by Crippen LogP contribution is -2.15. The normalized spacial score (nSPS) is 10.7. The van der Waals surface area contributed by atoms with Crippen molar-refractivity contribution in [3.05, 3.63) is 114 Å². The number of nitrogens with zero attached hydrogens (tertiary/aromatic N) is 3.